The van der Waals surface area contributed by atoms with Gasteiger partial charge in [-0.15, -0.1) is 0 Å². The molecule has 0 bridgehead atoms. The fourth-order valence-electron chi connectivity index (χ4n) is 3.59. The second kappa shape index (κ2) is 9.54. The maximum absolute atomic E-state index is 13.1. The Hall–Kier alpha value is -3.52. The first kappa shape index (κ1) is 22.7. The third-order valence-corrected chi connectivity index (χ3v) is 6.79. The van der Waals surface area contributed by atoms with Crippen molar-refractivity contribution in [1.29, 1.82) is 0 Å². The van der Waals surface area contributed by atoms with Crippen molar-refractivity contribution in [2.45, 2.75) is 25.3 Å². The van der Waals surface area contributed by atoms with Crippen molar-refractivity contribution in [1.82, 2.24) is 4.90 Å². The minimum Gasteiger partial charge on any atom is -0.486 e. The quantitative estimate of drug-likeness (QED) is 0.563. The van der Waals surface area contributed by atoms with E-state index in [4.69, 9.17) is 9.47 Å². The molecule has 0 saturated carbocycles. The van der Waals surface area contributed by atoms with Crippen LogP contribution in [0.25, 0.3) is 0 Å². The first-order valence-electron chi connectivity index (χ1n) is 10.7. The summed E-state index contributed by atoms with van der Waals surface area (Å²) in [4.78, 5) is 14.9. The topological polar surface area (TPSA) is 84.9 Å². The van der Waals surface area contributed by atoms with Crippen LogP contribution in [0.1, 0.15) is 28.4 Å². The number of hydrogen-bond donors (Lipinski definition) is 1. The predicted octanol–water partition coefficient (Wildman–Crippen LogP) is 4.23. The summed E-state index contributed by atoms with van der Waals surface area (Å²) in [6.45, 7) is 5.64. The van der Waals surface area contributed by atoms with Gasteiger partial charge in [0.25, 0.3) is 15.9 Å². The van der Waals surface area contributed by atoms with Gasteiger partial charge in [0.2, 0.25) is 0 Å². The lowest BCUT2D eigenvalue weighted by Gasteiger charge is -2.25. The minimum absolute atomic E-state index is 0.0883. The molecule has 0 saturated heterocycles. The van der Waals surface area contributed by atoms with Crippen molar-refractivity contribution in [2.75, 3.05) is 24.5 Å². The van der Waals surface area contributed by atoms with Crippen LogP contribution in [0.15, 0.2) is 71.6 Å². The molecule has 0 radical (unpaired) electrons. The van der Waals surface area contributed by atoms with E-state index in [1.807, 2.05) is 44.2 Å². The number of aryl methyl sites for hydroxylation is 1. The summed E-state index contributed by atoms with van der Waals surface area (Å²) < 4.78 is 39.3. The average Bonchev–Trinajstić information content (AvgIpc) is 2.83. The van der Waals surface area contributed by atoms with Gasteiger partial charge >= 0.3 is 0 Å². The van der Waals surface area contributed by atoms with Crippen molar-refractivity contribution in [3.05, 3.63) is 83.4 Å². The molecule has 1 heterocycles. The molecule has 1 aliphatic heterocycles. The molecule has 1 aliphatic rings. The molecule has 1 N–H and O–H groups in total. The Labute approximate surface area is 194 Å². The smallest absolute Gasteiger partial charge is 0.261 e. The number of rotatable bonds is 7. The molecule has 33 heavy (non-hydrogen) atoms. The summed E-state index contributed by atoms with van der Waals surface area (Å²) in [6.07, 6.45) is 0. The lowest BCUT2D eigenvalue weighted by molar-refractivity contribution is 0.0749. The van der Waals surface area contributed by atoms with Gasteiger partial charge in [0.05, 0.1) is 4.90 Å². The number of nitrogens with zero attached hydrogens (tertiary/aromatic N) is 1. The number of para-hydroxylation sites is 1. The van der Waals surface area contributed by atoms with Gasteiger partial charge in [0.15, 0.2) is 11.5 Å². The number of sulfonamides is 1. The fourth-order valence-corrected chi connectivity index (χ4v) is 4.65. The molecular formula is C25H26N2O5S. The molecule has 4 rings (SSSR count). The fraction of sp³-hybridized carbons (Fsp3) is 0.240. The highest BCUT2D eigenvalue weighted by Crippen LogP contribution is 2.34. The molecule has 7 nitrogen and oxygen atoms in total. The van der Waals surface area contributed by atoms with E-state index in [-0.39, 0.29) is 10.8 Å². The van der Waals surface area contributed by atoms with E-state index >= 15 is 0 Å². The van der Waals surface area contributed by atoms with E-state index in [0.29, 0.717) is 49.1 Å². The van der Waals surface area contributed by atoms with Crippen LogP contribution in [-0.2, 0) is 16.6 Å². The van der Waals surface area contributed by atoms with Crippen molar-refractivity contribution in [3.63, 3.8) is 0 Å². The summed E-state index contributed by atoms with van der Waals surface area (Å²) in [7, 11) is -3.76. The van der Waals surface area contributed by atoms with Crippen molar-refractivity contribution in [2.24, 2.45) is 0 Å². The first-order valence-corrected chi connectivity index (χ1v) is 12.2. The lowest BCUT2D eigenvalue weighted by Crippen LogP contribution is -2.31. The van der Waals surface area contributed by atoms with E-state index in [1.54, 1.807) is 17.0 Å². The number of nitrogens with one attached hydrogen (secondary N) is 1. The summed E-state index contributed by atoms with van der Waals surface area (Å²) in [5.74, 6) is 1.15. The van der Waals surface area contributed by atoms with E-state index in [1.165, 1.54) is 24.3 Å². The van der Waals surface area contributed by atoms with E-state index < -0.39 is 10.0 Å². The van der Waals surface area contributed by atoms with E-state index in [0.717, 1.165) is 11.1 Å². The van der Waals surface area contributed by atoms with Crippen LogP contribution < -0.4 is 14.2 Å². The zero-order valence-electron chi connectivity index (χ0n) is 18.6. The van der Waals surface area contributed by atoms with Crippen molar-refractivity contribution < 1.29 is 22.7 Å². The van der Waals surface area contributed by atoms with Crippen LogP contribution in [0.4, 0.5) is 5.69 Å². The molecule has 172 valence electrons. The Kier molecular flexibility index (Phi) is 6.55. The van der Waals surface area contributed by atoms with Crippen LogP contribution in [0.3, 0.4) is 0 Å². The average molecular weight is 467 g/mol. The van der Waals surface area contributed by atoms with Gasteiger partial charge in [-0.2, -0.15) is 0 Å². The number of fused-ring (bicyclic) bond motifs is 1. The Morgan fingerprint density at radius 3 is 2.36 bits per heavy atom. The SMILES string of the molecule is CCN(Cc1cccc2c1OCCO2)C(=O)c1ccc(S(=O)(=O)Nc2ccc(C)cc2)cc1. The number of carbonyl (C=O) groups excluding carboxylic acids is 1. The maximum atomic E-state index is 13.1. The highest BCUT2D eigenvalue weighted by Gasteiger charge is 2.21. The van der Waals surface area contributed by atoms with Gasteiger partial charge in [0.1, 0.15) is 13.2 Å². The summed E-state index contributed by atoms with van der Waals surface area (Å²) in [5.41, 5.74) is 2.80. The predicted molar refractivity (Wildman–Crippen MR) is 126 cm³/mol. The number of hydrogen-bond acceptors (Lipinski definition) is 5. The Balaban J connectivity index is 1.49. The van der Waals surface area contributed by atoms with Gasteiger partial charge in [-0.25, -0.2) is 8.42 Å². The summed E-state index contributed by atoms with van der Waals surface area (Å²) in [6, 6.07) is 18.7. The Morgan fingerprint density at radius 1 is 0.970 bits per heavy atom. The third-order valence-electron chi connectivity index (χ3n) is 5.39. The molecule has 0 aromatic heterocycles. The first-order chi connectivity index (χ1) is 15.9. The number of carbonyl (C=O) groups is 1. The monoisotopic (exact) mass is 466 g/mol. The van der Waals surface area contributed by atoms with Crippen LogP contribution in [0, 0.1) is 6.92 Å². The van der Waals surface area contributed by atoms with Crippen molar-refractivity contribution in [3.8, 4) is 11.5 Å². The molecule has 0 unspecified atom stereocenters. The normalized spacial score (nSPS) is 12.8. The Bertz CT molecular complexity index is 1240. The molecule has 1 amide bonds. The minimum atomic E-state index is -3.76. The molecule has 0 fully saturated rings. The second-order valence-electron chi connectivity index (χ2n) is 7.76. The van der Waals surface area contributed by atoms with Crippen molar-refractivity contribution >= 4 is 21.6 Å². The van der Waals surface area contributed by atoms with Crippen LogP contribution >= 0.6 is 0 Å². The van der Waals surface area contributed by atoms with Crippen LogP contribution in [0.2, 0.25) is 0 Å². The van der Waals surface area contributed by atoms with Gasteiger partial charge < -0.3 is 14.4 Å². The number of anilines is 1. The largest absolute Gasteiger partial charge is 0.486 e. The second-order valence-corrected chi connectivity index (χ2v) is 9.44. The zero-order chi connectivity index (χ0) is 23.4. The lowest BCUT2D eigenvalue weighted by atomic mass is 10.1. The molecule has 8 heteroatoms. The standard InChI is InChI=1S/C25H26N2O5S/c1-3-27(17-20-5-4-6-23-24(20)32-16-15-31-23)25(28)19-9-13-22(14-10-19)33(29,30)26-21-11-7-18(2)8-12-21/h4-14,26H,3,15-17H2,1-2H3. The van der Waals surface area contributed by atoms with Gasteiger partial charge in [-0.3, -0.25) is 9.52 Å². The molecular weight excluding hydrogens is 440 g/mol. The molecule has 0 spiro atoms. The summed E-state index contributed by atoms with van der Waals surface area (Å²) >= 11 is 0. The van der Waals surface area contributed by atoms with Crippen LogP contribution in [0.5, 0.6) is 11.5 Å². The zero-order valence-corrected chi connectivity index (χ0v) is 19.4. The maximum Gasteiger partial charge on any atom is 0.261 e. The molecule has 3 aromatic carbocycles. The van der Waals surface area contributed by atoms with E-state index in [2.05, 4.69) is 4.72 Å². The summed E-state index contributed by atoms with van der Waals surface area (Å²) in [5, 5.41) is 0. The highest BCUT2D eigenvalue weighted by molar-refractivity contribution is 7.92. The van der Waals surface area contributed by atoms with Gasteiger partial charge in [-0.05, 0) is 56.3 Å². The third kappa shape index (κ3) is 5.12. The molecule has 0 atom stereocenters. The van der Waals surface area contributed by atoms with Gasteiger partial charge in [0, 0.05) is 29.9 Å². The number of amides is 1. The molecule has 0 aliphatic carbocycles. The highest BCUT2D eigenvalue weighted by atomic mass is 32.2. The number of ether oxygens (including phenoxy) is 2. The number of benzene rings is 3. The molecule has 3 aromatic rings. The van der Waals surface area contributed by atoms with Crippen LogP contribution in [-0.4, -0.2) is 39.0 Å². The van der Waals surface area contributed by atoms with Gasteiger partial charge in [-0.1, -0.05) is 29.8 Å². The Morgan fingerprint density at radius 2 is 1.67 bits per heavy atom. The van der Waals surface area contributed by atoms with E-state index in [9.17, 15) is 13.2 Å².